The molecule has 0 amide bonds. The highest BCUT2D eigenvalue weighted by Gasteiger charge is 2.67. The van der Waals surface area contributed by atoms with Crippen LogP contribution in [-0.4, -0.2) is 46.4 Å². The van der Waals surface area contributed by atoms with Gasteiger partial charge in [-0.3, -0.25) is 14.4 Å². The maximum atomic E-state index is 13.9. The van der Waals surface area contributed by atoms with Gasteiger partial charge in [0, 0.05) is 30.6 Å². The van der Waals surface area contributed by atoms with Crippen molar-refractivity contribution >= 4 is 17.9 Å². The van der Waals surface area contributed by atoms with Crippen LogP contribution in [0, 0.1) is 46.3 Å². The second-order valence-corrected chi connectivity index (χ2v) is 22.3. The van der Waals surface area contributed by atoms with E-state index in [1.165, 1.54) is 141 Å². The largest absolute Gasteiger partial charge is 0.481 e. The summed E-state index contributed by atoms with van der Waals surface area (Å²) in [5, 5.41) is 20.6. The first kappa shape index (κ1) is 54.0. The van der Waals surface area contributed by atoms with Crippen molar-refractivity contribution in [3.63, 3.8) is 0 Å². The number of esters is 2. The molecule has 0 heterocycles. The number of aliphatic hydroxyl groups excluding tert-OH is 1. The van der Waals surface area contributed by atoms with Crippen LogP contribution < -0.4 is 0 Å². The fourth-order valence-corrected chi connectivity index (χ4v) is 13.9. The van der Waals surface area contributed by atoms with Gasteiger partial charge in [-0.2, -0.15) is 0 Å². The van der Waals surface area contributed by atoms with Gasteiger partial charge in [-0.1, -0.05) is 189 Å². The van der Waals surface area contributed by atoms with Crippen LogP contribution in [0.15, 0.2) is 0 Å². The lowest BCUT2D eigenvalue weighted by Crippen LogP contribution is -2.63. The molecule has 0 aromatic rings. The molecular weight excluding hydrogens is 785 g/mol. The predicted molar refractivity (Wildman–Crippen MR) is 258 cm³/mol. The Morgan fingerprint density at radius 2 is 1.03 bits per heavy atom. The average Bonchev–Trinajstić information content (AvgIpc) is 3.62. The zero-order valence-corrected chi connectivity index (χ0v) is 41.8. The van der Waals surface area contributed by atoms with Crippen molar-refractivity contribution in [2.45, 2.75) is 291 Å². The molecule has 0 unspecified atom stereocenters. The van der Waals surface area contributed by atoms with Crippen LogP contribution in [-0.2, 0) is 23.9 Å². The number of rotatable bonds is 34. The molecule has 0 aliphatic heterocycles. The van der Waals surface area contributed by atoms with E-state index in [0.29, 0.717) is 19.3 Å². The first-order valence-electron chi connectivity index (χ1n) is 27.7. The lowest BCUT2D eigenvalue weighted by atomic mass is 9.43. The van der Waals surface area contributed by atoms with Crippen LogP contribution in [0.2, 0.25) is 0 Å². The number of aliphatic carboxylic acids is 1. The summed E-state index contributed by atoms with van der Waals surface area (Å²) >= 11 is 0. The first-order valence-corrected chi connectivity index (χ1v) is 27.7. The maximum Gasteiger partial charge on any atom is 0.306 e. The highest BCUT2D eigenvalue weighted by atomic mass is 16.5. The van der Waals surface area contributed by atoms with Crippen molar-refractivity contribution in [2.24, 2.45) is 46.3 Å². The van der Waals surface area contributed by atoms with E-state index in [0.717, 1.165) is 70.6 Å². The van der Waals surface area contributed by atoms with E-state index in [1.807, 2.05) is 0 Å². The van der Waals surface area contributed by atoms with Gasteiger partial charge >= 0.3 is 17.9 Å². The van der Waals surface area contributed by atoms with Crippen LogP contribution in [0.1, 0.15) is 272 Å². The molecular formula is C56H100O7. The van der Waals surface area contributed by atoms with Crippen LogP contribution in [0.3, 0.4) is 0 Å². The third kappa shape index (κ3) is 16.9. The summed E-state index contributed by atoms with van der Waals surface area (Å²) in [6, 6.07) is 0. The first-order chi connectivity index (χ1) is 30.4. The zero-order chi connectivity index (χ0) is 45.5. The quantitative estimate of drug-likeness (QED) is 0.0489. The number of hydrogen-bond acceptors (Lipinski definition) is 6. The number of carboxylic acids is 1. The zero-order valence-electron chi connectivity index (χ0n) is 41.8. The van der Waals surface area contributed by atoms with Crippen LogP contribution >= 0.6 is 0 Å². The molecule has 4 fully saturated rings. The molecule has 0 aromatic carbocycles. The Morgan fingerprint density at radius 1 is 0.571 bits per heavy atom. The normalized spacial score (nSPS) is 30.6. The molecule has 4 aliphatic carbocycles. The predicted octanol–water partition coefficient (Wildman–Crippen LogP) is 15.5. The molecule has 4 saturated carbocycles. The summed E-state index contributed by atoms with van der Waals surface area (Å²) in [5.41, 5.74) is -0.336. The second-order valence-electron chi connectivity index (χ2n) is 22.3. The number of aliphatic hydroxyl groups is 1. The Balaban J connectivity index is 1.35. The van der Waals surface area contributed by atoms with Gasteiger partial charge < -0.3 is 19.7 Å². The molecule has 0 radical (unpaired) electrons. The standard InChI is InChI=1S/C56H100O7/c1-6-8-10-12-14-16-18-20-22-24-26-28-30-32-52(60)62-49-41-44-40-45(57)38-39-55(44,4)48-42-50(56(5)46(35-36-47(56)54(48)49)43(3)34-37-51(58)59)63-53(61)33-31-29-27-25-23-21-19-17-15-13-11-9-7-2/h43-50,54,57H,6-42H2,1-5H3,(H,58,59)/t43-,44+,45-,46-,47+,48+,49-,50+,54+,55+,56-/m1/s1. The van der Waals surface area contributed by atoms with Gasteiger partial charge in [-0.25, -0.2) is 0 Å². The highest BCUT2D eigenvalue weighted by molar-refractivity contribution is 5.70. The molecule has 0 saturated heterocycles. The lowest BCUT2D eigenvalue weighted by Gasteiger charge is -2.64. The lowest BCUT2D eigenvalue weighted by molar-refractivity contribution is -0.224. The third-order valence-electron chi connectivity index (χ3n) is 17.8. The summed E-state index contributed by atoms with van der Waals surface area (Å²) in [6.45, 7) is 11.6. The number of carbonyl (C=O) groups is 3. The molecule has 63 heavy (non-hydrogen) atoms. The van der Waals surface area contributed by atoms with E-state index in [1.54, 1.807) is 0 Å². The fourth-order valence-electron chi connectivity index (χ4n) is 13.9. The number of hydrogen-bond donors (Lipinski definition) is 2. The Hall–Kier alpha value is -1.63. The van der Waals surface area contributed by atoms with Crippen LogP contribution in [0.5, 0.6) is 0 Å². The molecule has 11 atom stereocenters. The van der Waals surface area contributed by atoms with Crippen molar-refractivity contribution in [1.82, 2.24) is 0 Å². The number of carboxylic acid groups (broad SMARTS) is 1. The van der Waals surface area contributed by atoms with Gasteiger partial charge in [0.15, 0.2) is 0 Å². The van der Waals surface area contributed by atoms with Gasteiger partial charge in [-0.15, -0.1) is 0 Å². The molecule has 0 aromatic heterocycles. The molecule has 4 rings (SSSR count). The monoisotopic (exact) mass is 885 g/mol. The van der Waals surface area contributed by atoms with E-state index in [-0.39, 0.29) is 83.0 Å². The average molecular weight is 885 g/mol. The molecule has 0 bridgehead atoms. The Bertz CT molecular complexity index is 1280. The fraction of sp³-hybridized carbons (Fsp3) is 0.946. The molecule has 366 valence electrons. The van der Waals surface area contributed by atoms with Gasteiger partial charge in [-0.05, 0) is 99.2 Å². The topological polar surface area (TPSA) is 110 Å². The van der Waals surface area contributed by atoms with Crippen molar-refractivity contribution in [1.29, 1.82) is 0 Å². The Kier molecular flexibility index (Phi) is 25.0. The smallest absolute Gasteiger partial charge is 0.306 e. The van der Waals surface area contributed by atoms with E-state index < -0.39 is 5.97 Å². The Labute approximate surface area is 387 Å². The summed E-state index contributed by atoms with van der Waals surface area (Å²) < 4.78 is 13.4. The van der Waals surface area contributed by atoms with Crippen molar-refractivity contribution in [2.75, 3.05) is 0 Å². The number of fused-ring (bicyclic) bond motifs is 5. The molecule has 7 nitrogen and oxygen atoms in total. The number of ether oxygens (including phenoxy) is 2. The minimum absolute atomic E-state index is 0.0179. The summed E-state index contributed by atoms with van der Waals surface area (Å²) in [5.74, 6) is 0.402. The van der Waals surface area contributed by atoms with E-state index >= 15 is 0 Å². The molecule has 4 aliphatic rings. The molecule has 0 spiro atoms. The summed E-state index contributed by atoms with van der Waals surface area (Å²) in [7, 11) is 0. The van der Waals surface area contributed by atoms with Crippen molar-refractivity contribution in [3.8, 4) is 0 Å². The van der Waals surface area contributed by atoms with Crippen LogP contribution in [0.4, 0.5) is 0 Å². The molecule has 2 N–H and O–H groups in total. The van der Waals surface area contributed by atoms with E-state index in [9.17, 15) is 24.6 Å². The SMILES string of the molecule is CCCCCCCCCCCCCCCC(=O)O[C@H]1C[C@H]2[C@@H]([C@H](OC(=O)CCCCCCCCCCCCCCC)C[C@@H]3C[C@H](O)CC[C@@]32C)[C@@H]2CC[C@H]([C@H](C)CCC(=O)O)[C@@]12C. The number of unbranched alkanes of at least 4 members (excludes halogenated alkanes) is 24. The van der Waals surface area contributed by atoms with Crippen molar-refractivity contribution in [3.05, 3.63) is 0 Å². The minimum atomic E-state index is -0.757. The van der Waals surface area contributed by atoms with E-state index in [2.05, 4.69) is 34.6 Å². The van der Waals surface area contributed by atoms with Gasteiger partial charge in [0.2, 0.25) is 0 Å². The van der Waals surface area contributed by atoms with Crippen LogP contribution in [0.25, 0.3) is 0 Å². The van der Waals surface area contributed by atoms with Gasteiger partial charge in [0.25, 0.3) is 0 Å². The van der Waals surface area contributed by atoms with Gasteiger partial charge in [0.1, 0.15) is 12.2 Å². The summed E-state index contributed by atoms with van der Waals surface area (Å²) in [4.78, 5) is 39.4. The van der Waals surface area contributed by atoms with Gasteiger partial charge in [0.05, 0.1) is 6.10 Å². The Morgan fingerprint density at radius 3 is 1.51 bits per heavy atom. The third-order valence-corrected chi connectivity index (χ3v) is 17.8. The second kappa shape index (κ2) is 29.2. The highest BCUT2D eigenvalue weighted by Crippen LogP contribution is 2.69. The van der Waals surface area contributed by atoms with Crippen molar-refractivity contribution < 1.29 is 34.1 Å². The van der Waals surface area contributed by atoms with E-state index in [4.69, 9.17) is 9.47 Å². The summed E-state index contributed by atoms with van der Waals surface area (Å²) in [6.07, 6.45) is 39.9. The minimum Gasteiger partial charge on any atom is -0.481 e. The number of carbonyl (C=O) groups excluding carboxylic acids is 2. The molecule has 7 heteroatoms. The maximum absolute atomic E-state index is 13.9.